The molecule has 0 aliphatic rings. The van der Waals surface area contributed by atoms with Gasteiger partial charge in [0.15, 0.2) is 0 Å². The number of unbranched alkanes of at least 4 members (excludes halogenated alkanes) is 2. The van der Waals surface area contributed by atoms with Crippen LogP contribution in [-0.2, 0) is 47.8 Å². The molecule has 0 radical (unpaired) electrons. The van der Waals surface area contributed by atoms with Crippen molar-refractivity contribution in [3.05, 3.63) is 0 Å². The zero-order chi connectivity index (χ0) is 39.9. The molecule has 0 aliphatic carbocycles. The fourth-order valence-electron chi connectivity index (χ4n) is 3.98. The second-order valence-electron chi connectivity index (χ2n) is 11.4. The van der Waals surface area contributed by atoms with Crippen LogP contribution in [0.2, 0.25) is 0 Å². The maximum atomic E-state index is 12.1. The fourth-order valence-corrected chi connectivity index (χ4v) is 3.98. The SMILES string of the molecule is CC(=O)N(O)CCOCCNC(=O)CCC(=O)N(O)CCOCCNC(=O)CCC(=O)N(O)CCOCCNC(=O)CCN(O)C(=O)CCCCCN. The zero-order valence-corrected chi connectivity index (χ0v) is 30.5. The highest BCUT2D eigenvalue weighted by molar-refractivity contribution is 5.84. The highest BCUT2D eigenvalue weighted by Gasteiger charge is 2.15. The minimum atomic E-state index is -0.701. The number of rotatable bonds is 32. The summed E-state index contributed by atoms with van der Waals surface area (Å²) in [6.45, 7) is 1.87. The summed E-state index contributed by atoms with van der Waals surface area (Å²) in [5.41, 5.74) is 5.39. The Kier molecular flexibility index (Phi) is 29.1. The molecule has 0 aromatic rings. The van der Waals surface area contributed by atoms with Crippen LogP contribution in [0, 0.1) is 0 Å². The van der Waals surface area contributed by atoms with Crippen molar-refractivity contribution < 1.29 is 68.6 Å². The highest BCUT2D eigenvalue weighted by Crippen LogP contribution is 2.02. The molecule has 0 saturated carbocycles. The lowest BCUT2D eigenvalue weighted by Crippen LogP contribution is -2.35. The van der Waals surface area contributed by atoms with E-state index in [4.69, 9.17) is 19.9 Å². The Morgan fingerprint density at radius 1 is 0.472 bits per heavy atom. The van der Waals surface area contributed by atoms with Gasteiger partial charge in [0.1, 0.15) is 0 Å². The van der Waals surface area contributed by atoms with Crippen molar-refractivity contribution in [3.8, 4) is 0 Å². The molecule has 0 rings (SSSR count). The first kappa shape index (κ1) is 49.0. The van der Waals surface area contributed by atoms with Crippen LogP contribution in [0.3, 0.4) is 0 Å². The molecule has 0 bridgehead atoms. The predicted octanol–water partition coefficient (Wildman–Crippen LogP) is -2.25. The average Bonchev–Trinajstić information content (AvgIpc) is 3.13. The van der Waals surface area contributed by atoms with Crippen molar-refractivity contribution in [2.75, 3.05) is 92.0 Å². The lowest BCUT2D eigenvalue weighted by atomic mass is 10.2. The molecule has 0 saturated heterocycles. The van der Waals surface area contributed by atoms with E-state index in [1.165, 1.54) is 6.92 Å². The largest absolute Gasteiger partial charge is 0.378 e. The summed E-state index contributed by atoms with van der Waals surface area (Å²) in [6, 6.07) is 0. The number of hydrogen-bond acceptors (Lipinski definition) is 15. The fraction of sp³-hybridized carbons (Fsp3) is 0.774. The topological polar surface area (TPSA) is 303 Å². The van der Waals surface area contributed by atoms with Crippen LogP contribution in [0.5, 0.6) is 0 Å². The van der Waals surface area contributed by atoms with Crippen LogP contribution < -0.4 is 21.7 Å². The Morgan fingerprint density at radius 2 is 0.849 bits per heavy atom. The minimum Gasteiger partial charge on any atom is -0.378 e. The third kappa shape index (κ3) is 28.2. The summed E-state index contributed by atoms with van der Waals surface area (Å²) in [5.74, 6) is -3.67. The van der Waals surface area contributed by atoms with Gasteiger partial charge in [0, 0.05) is 65.1 Å². The Hall–Kier alpha value is -4.03. The van der Waals surface area contributed by atoms with Gasteiger partial charge < -0.3 is 35.9 Å². The van der Waals surface area contributed by atoms with E-state index in [1.54, 1.807) is 0 Å². The second kappa shape index (κ2) is 31.5. The molecule has 0 aliphatic heterocycles. The number of hydroxylamine groups is 8. The highest BCUT2D eigenvalue weighted by atomic mass is 16.5. The molecule has 0 unspecified atom stereocenters. The summed E-state index contributed by atoms with van der Waals surface area (Å²) in [4.78, 5) is 82.4. The molecule has 0 aromatic heterocycles. The van der Waals surface area contributed by atoms with Crippen molar-refractivity contribution in [1.82, 2.24) is 36.2 Å². The van der Waals surface area contributed by atoms with Gasteiger partial charge >= 0.3 is 0 Å². The van der Waals surface area contributed by atoms with E-state index in [-0.39, 0.29) is 124 Å². The second-order valence-corrected chi connectivity index (χ2v) is 11.4. The number of hydrogen-bond donors (Lipinski definition) is 8. The van der Waals surface area contributed by atoms with Gasteiger partial charge in [-0.3, -0.25) is 54.4 Å². The van der Waals surface area contributed by atoms with E-state index in [0.717, 1.165) is 12.8 Å². The maximum Gasteiger partial charge on any atom is 0.246 e. The number of carbonyl (C=O) groups is 7. The predicted molar refractivity (Wildman–Crippen MR) is 182 cm³/mol. The Labute approximate surface area is 308 Å². The first-order valence-electron chi connectivity index (χ1n) is 17.5. The molecule has 306 valence electrons. The van der Waals surface area contributed by atoms with Crippen LogP contribution in [0.15, 0.2) is 0 Å². The monoisotopic (exact) mass is 766 g/mol. The van der Waals surface area contributed by atoms with Gasteiger partial charge in [0.25, 0.3) is 0 Å². The summed E-state index contributed by atoms with van der Waals surface area (Å²) >= 11 is 0. The number of nitrogens with two attached hydrogens (primary N) is 1. The summed E-state index contributed by atoms with van der Waals surface area (Å²) in [7, 11) is 0. The molecule has 0 aromatic carbocycles. The quantitative estimate of drug-likeness (QED) is 0.0204. The lowest BCUT2D eigenvalue weighted by Gasteiger charge is -2.16. The van der Waals surface area contributed by atoms with E-state index in [0.29, 0.717) is 33.2 Å². The van der Waals surface area contributed by atoms with E-state index < -0.39 is 41.4 Å². The molecule has 22 heteroatoms. The Balaban J connectivity index is 3.81. The molecule has 0 spiro atoms. The van der Waals surface area contributed by atoms with Crippen molar-refractivity contribution in [2.24, 2.45) is 5.73 Å². The number of ether oxygens (including phenoxy) is 3. The van der Waals surface area contributed by atoms with E-state index in [9.17, 15) is 54.4 Å². The van der Waals surface area contributed by atoms with Gasteiger partial charge in [-0.15, -0.1) is 0 Å². The average molecular weight is 767 g/mol. The molecule has 22 nitrogen and oxygen atoms in total. The van der Waals surface area contributed by atoms with E-state index in [2.05, 4.69) is 16.0 Å². The third-order valence-corrected chi connectivity index (χ3v) is 7.05. The summed E-state index contributed by atoms with van der Waals surface area (Å²) in [6.07, 6.45) is 1.38. The smallest absolute Gasteiger partial charge is 0.246 e. The van der Waals surface area contributed by atoms with Crippen LogP contribution in [0.25, 0.3) is 0 Å². The minimum absolute atomic E-state index is 0.0130. The van der Waals surface area contributed by atoms with Crippen LogP contribution in [0.1, 0.15) is 64.7 Å². The molecule has 0 fully saturated rings. The maximum absolute atomic E-state index is 12.1. The van der Waals surface area contributed by atoms with Crippen molar-refractivity contribution in [3.63, 3.8) is 0 Å². The van der Waals surface area contributed by atoms with E-state index in [1.807, 2.05) is 0 Å². The number of nitrogens with zero attached hydrogens (tertiary/aromatic N) is 4. The van der Waals surface area contributed by atoms with Gasteiger partial charge in [-0.25, -0.2) is 20.3 Å². The Morgan fingerprint density at radius 3 is 1.26 bits per heavy atom. The molecular weight excluding hydrogens is 708 g/mol. The first-order valence-corrected chi connectivity index (χ1v) is 17.5. The van der Waals surface area contributed by atoms with Crippen molar-refractivity contribution in [1.29, 1.82) is 0 Å². The summed E-state index contributed by atoms with van der Waals surface area (Å²) < 4.78 is 15.7. The summed E-state index contributed by atoms with van der Waals surface area (Å²) in [5, 5.41) is 48.1. The van der Waals surface area contributed by atoms with E-state index >= 15 is 0 Å². The molecule has 9 N–H and O–H groups in total. The lowest BCUT2D eigenvalue weighted by molar-refractivity contribution is -0.168. The van der Waals surface area contributed by atoms with Crippen LogP contribution >= 0.6 is 0 Å². The van der Waals surface area contributed by atoms with Crippen LogP contribution in [-0.4, -0.2) is 174 Å². The van der Waals surface area contributed by atoms with Crippen LogP contribution in [0.4, 0.5) is 0 Å². The van der Waals surface area contributed by atoms with Crippen molar-refractivity contribution >= 4 is 41.4 Å². The van der Waals surface area contributed by atoms with Gasteiger partial charge in [-0.05, 0) is 19.4 Å². The number of nitrogens with one attached hydrogen (secondary N) is 3. The standard InChI is InChI=1S/C31H58N8O14/c1-25(40)36(47)16-22-51-19-12-33-26(41)6-8-30(45)38(49)17-23-52-20-13-34-27(42)7-9-31(46)39(50)18-24-53-21-14-35-28(43)10-15-37(48)29(44)5-3-2-4-11-32/h47-50H,2-24,32H2,1H3,(H,33,41)(H,34,42)(H,35,43). The zero-order valence-electron chi connectivity index (χ0n) is 30.5. The third-order valence-electron chi connectivity index (χ3n) is 7.05. The molecule has 53 heavy (non-hydrogen) atoms. The number of carbonyl (C=O) groups excluding carboxylic acids is 7. The first-order chi connectivity index (χ1) is 25.3. The van der Waals surface area contributed by atoms with Gasteiger partial charge in [0.2, 0.25) is 41.4 Å². The molecule has 0 heterocycles. The number of amides is 7. The normalized spacial score (nSPS) is 10.7. The Bertz CT molecular complexity index is 1100. The van der Waals surface area contributed by atoms with Crippen molar-refractivity contribution in [2.45, 2.75) is 64.7 Å². The molecular formula is C31H58N8O14. The molecule has 7 amide bonds. The van der Waals surface area contributed by atoms with Gasteiger partial charge in [-0.2, -0.15) is 0 Å². The molecule has 0 atom stereocenters. The van der Waals surface area contributed by atoms with Gasteiger partial charge in [0.05, 0.1) is 65.8 Å². The van der Waals surface area contributed by atoms with Gasteiger partial charge in [-0.1, -0.05) is 6.42 Å².